The Balaban J connectivity index is 1.31. The first-order valence-corrected chi connectivity index (χ1v) is 10.9. The maximum Gasteiger partial charge on any atom is 0.323 e. The van der Waals surface area contributed by atoms with E-state index in [1.54, 1.807) is 24.3 Å². The molecule has 164 valence electrons. The highest BCUT2D eigenvalue weighted by Crippen LogP contribution is 2.28. The van der Waals surface area contributed by atoms with Crippen molar-refractivity contribution in [1.82, 2.24) is 9.78 Å². The molecule has 0 aliphatic heterocycles. The number of nitrogens with one attached hydrogen (secondary N) is 3. The van der Waals surface area contributed by atoms with E-state index in [9.17, 15) is 9.59 Å². The third-order valence-electron chi connectivity index (χ3n) is 5.56. The van der Waals surface area contributed by atoms with Gasteiger partial charge in [0.2, 0.25) is 0 Å². The Hall–Kier alpha value is -4.39. The molecule has 0 bridgehead atoms. The molecule has 0 saturated heterocycles. The molecule has 7 heteroatoms. The smallest absolute Gasteiger partial charge is 0.321 e. The summed E-state index contributed by atoms with van der Waals surface area (Å²) in [6, 6.07) is 25.8. The molecular formula is C26H23N5O2. The summed E-state index contributed by atoms with van der Waals surface area (Å²) < 4.78 is 1.88. The summed E-state index contributed by atoms with van der Waals surface area (Å²) in [7, 11) is 0. The highest BCUT2D eigenvalue weighted by molar-refractivity contribution is 6.05. The Bertz CT molecular complexity index is 1300. The van der Waals surface area contributed by atoms with Crippen molar-refractivity contribution in [3.05, 3.63) is 102 Å². The number of anilines is 3. The van der Waals surface area contributed by atoms with Crippen LogP contribution in [0.4, 0.5) is 21.9 Å². The Kier molecular flexibility index (Phi) is 5.59. The fraction of sp³-hybridized carbons (Fsp3) is 0.115. The molecule has 0 unspecified atom stereocenters. The van der Waals surface area contributed by atoms with Gasteiger partial charge in [0, 0.05) is 28.3 Å². The molecule has 1 aromatic heterocycles. The van der Waals surface area contributed by atoms with Gasteiger partial charge >= 0.3 is 6.03 Å². The third kappa shape index (κ3) is 4.48. The number of carbonyl (C=O) groups is 2. The first-order chi connectivity index (χ1) is 16.2. The molecular weight excluding hydrogens is 414 g/mol. The lowest BCUT2D eigenvalue weighted by Gasteiger charge is -2.10. The average molecular weight is 438 g/mol. The fourth-order valence-corrected chi connectivity index (χ4v) is 4.08. The minimum Gasteiger partial charge on any atom is -0.321 e. The van der Waals surface area contributed by atoms with Crippen LogP contribution >= 0.6 is 0 Å². The SMILES string of the molecule is O=C(Nc1ccccc1)Nc1cccc(NC(=O)c2nn(-c3ccccc3)c3c2CCC3)c1. The van der Waals surface area contributed by atoms with Gasteiger partial charge in [-0.05, 0) is 61.7 Å². The first-order valence-electron chi connectivity index (χ1n) is 10.9. The van der Waals surface area contributed by atoms with Gasteiger partial charge in [-0.3, -0.25) is 4.79 Å². The zero-order valence-corrected chi connectivity index (χ0v) is 17.9. The molecule has 1 aliphatic rings. The van der Waals surface area contributed by atoms with Gasteiger partial charge in [0.15, 0.2) is 5.69 Å². The van der Waals surface area contributed by atoms with E-state index in [-0.39, 0.29) is 11.9 Å². The van der Waals surface area contributed by atoms with Crippen molar-refractivity contribution < 1.29 is 9.59 Å². The molecule has 0 atom stereocenters. The highest BCUT2D eigenvalue weighted by atomic mass is 16.2. The zero-order valence-electron chi connectivity index (χ0n) is 17.9. The quantitative estimate of drug-likeness (QED) is 0.398. The van der Waals surface area contributed by atoms with E-state index in [4.69, 9.17) is 0 Å². The molecule has 0 fully saturated rings. The van der Waals surface area contributed by atoms with Gasteiger partial charge in [-0.15, -0.1) is 0 Å². The highest BCUT2D eigenvalue weighted by Gasteiger charge is 2.27. The van der Waals surface area contributed by atoms with Crippen molar-refractivity contribution in [3.8, 4) is 5.69 Å². The normalized spacial score (nSPS) is 12.1. The van der Waals surface area contributed by atoms with E-state index in [2.05, 4.69) is 21.0 Å². The van der Waals surface area contributed by atoms with Crippen molar-refractivity contribution in [2.75, 3.05) is 16.0 Å². The second-order valence-corrected chi connectivity index (χ2v) is 7.85. The van der Waals surface area contributed by atoms with Crippen LogP contribution in [0.25, 0.3) is 5.69 Å². The van der Waals surface area contributed by atoms with Crippen LogP contribution < -0.4 is 16.0 Å². The van der Waals surface area contributed by atoms with Crippen molar-refractivity contribution >= 4 is 29.0 Å². The number of carbonyl (C=O) groups excluding carboxylic acids is 2. The molecule has 5 rings (SSSR count). The minimum absolute atomic E-state index is 0.256. The largest absolute Gasteiger partial charge is 0.323 e. The number of hydrogen-bond acceptors (Lipinski definition) is 3. The Morgan fingerprint density at radius 1 is 0.727 bits per heavy atom. The number of hydrogen-bond donors (Lipinski definition) is 3. The monoisotopic (exact) mass is 437 g/mol. The number of aromatic nitrogens is 2. The van der Waals surface area contributed by atoms with Crippen molar-refractivity contribution in [3.63, 3.8) is 0 Å². The van der Waals surface area contributed by atoms with Gasteiger partial charge in [-0.25, -0.2) is 9.48 Å². The summed E-state index contributed by atoms with van der Waals surface area (Å²) in [5.74, 6) is -0.256. The predicted octanol–water partition coefficient (Wildman–Crippen LogP) is 5.26. The summed E-state index contributed by atoms with van der Waals surface area (Å²) in [5, 5.41) is 13.1. The van der Waals surface area contributed by atoms with E-state index in [0.29, 0.717) is 22.8 Å². The summed E-state index contributed by atoms with van der Waals surface area (Å²) >= 11 is 0. The second kappa shape index (κ2) is 9.00. The zero-order chi connectivity index (χ0) is 22.6. The van der Waals surface area contributed by atoms with Crippen LogP contribution in [0.15, 0.2) is 84.9 Å². The van der Waals surface area contributed by atoms with Gasteiger partial charge < -0.3 is 16.0 Å². The second-order valence-electron chi connectivity index (χ2n) is 7.85. The standard InChI is InChI=1S/C26H23N5O2/c32-25(24-22-15-8-16-23(22)31(30-24)21-13-5-2-6-14-21)27-19-11-7-12-20(17-19)29-26(33)28-18-9-3-1-4-10-18/h1-7,9-14,17H,8,15-16H2,(H,27,32)(H2,28,29,33). The van der Waals surface area contributed by atoms with Crippen LogP contribution in [0.3, 0.4) is 0 Å². The van der Waals surface area contributed by atoms with E-state index < -0.39 is 0 Å². The van der Waals surface area contributed by atoms with Crippen LogP contribution in [-0.2, 0) is 12.8 Å². The number of fused-ring (bicyclic) bond motifs is 1. The topological polar surface area (TPSA) is 88.1 Å². The number of nitrogens with zero attached hydrogens (tertiary/aromatic N) is 2. The van der Waals surface area contributed by atoms with E-state index in [1.807, 2.05) is 65.3 Å². The van der Waals surface area contributed by atoms with Crippen molar-refractivity contribution in [2.24, 2.45) is 0 Å². The number of rotatable bonds is 5. The van der Waals surface area contributed by atoms with Crippen LogP contribution in [-0.4, -0.2) is 21.7 Å². The fourth-order valence-electron chi connectivity index (χ4n) is 4.08. The van der Waals surface area contributed by atoms with Crippen LogP contribution in [0.5, 0.6) is 0 Å². The number of benzene rings is 3. The van der Waals surface area contributed by atoms with Gasteiger partial charge in [-0.2, -0.15) is 5.10 Å². The Morgan fingerprint density at radius 2 is 1.36 bits per heavy atom. The van der Waals surface area contributed by atoms with Gasteiger partial charge in [0.1, 0.15) is 0 Å². The van der Waals surface area contributed by atoms with E-state index in [0.717, 1.165) is 36.2 Å². The van der Waals surface area contributed by atoms with Gasteiger partial charge in [0.25, 0.3) is 5.91 Å². The number of amides is 3. The molecule has 3 N–H and O–H groups in total. The van der Waals surface area contributed by atoms with E-state index >= 15 is 0 Å². The van der Waals surface area contributed by atoms with Crippen LogP contribution in [0, 0.1) is 0 Å². The molecule has 7 nitrogen and oxygen atoms in total. The van der Waals surface area contributed by atoms with Gasteiger partial charge in [0.05, 0.1) is 5.69 Å². The molecule has 1 heterocycles. The summed E-state index contributed by atoms with van der Waals surface area (Å²) in [4.78, 5) is 25.4. The lowest BCUT2D eigenvalue weighted by molar-refractivity contribution is 0.102. The van der Waals surface area contributed by atoms with E-state index in [1.165, 1.54) is 0 Å². The average Bonchev–Trinajstić information content (AvgIpc) is 3.43. The Morgan fingerprint density at radius 3 is 2.12 bits per heavy atom. The number of para-hydroxylation sites is 2. The molecule has 4 aromatic rings. The Labute approximate surface area is 191 Å². The first kappa shape index (κ1) is 20.5. The summed E-state index contributed by atoms with van der Waals surface area (Å²) in [6.45, 7) is 0. The number of urea groups is 1. The maximum absolute atomic E-state index is 13.1. The maximum atomic E-state index is 13.1. The third-order valence-corrected chi connectivity index (χ3v) is 5.56. The lowest BCUT2D eigenvalue weighted by atomic mass is 10.2. The van der Waals surface area contributed by atoms with Crippen molar-refractivity contribution in [1.29, 1.82) is 0 Å². The predicted molar refractivity (Wildman–Crippen MR) is 129 cm³/mol. The molecule has 0 saturated carbocycles. The van der Waals surface area contributed by atoms with Crippen LogP contribution in [0.1, 0.15) is 28.2 Å². The minimum atomic E-state index is -0.357. The molecule has 0 radical (unpaired) electrons. The molecule has 3 amide bonds. The molecule has 33 heavy (non-hydrogen) atoms. The molecule has 0 spiro atoms. The summed E-state index contributed by atoms with van der Waals surface area (Å²) in [5.41, 5.74) is 5.35. The lowest BCUT2D eigenvalue weighted by Crippen LogP contribution is -2.19. The van der Waals surface area contributed by atoms with Crippen molar-refractivity contribution in [2.45, 2.75) is 19.3 Å². The van der Waals surface area contributed by atoms with Gasteiger partial charge in [-0.1, -0.05) is 42.5 Å². The summed E-state index contributed by atoms with van der Waals surface area (Å²) in [6.07, 6.45) is 2.75. The van der Waals surface area contributed by atoms with Crippen LogP contribution in [0.2, 0.25) is 0 Å². The molecule has 1 aliphatic carbocycles. The molecule has 3 aromatic carbocycles.